The molecule has 4 N–H and O–H groups in total. The predicted octanol–water partition coefficient (Wildman–Crippen LogP) is 3.94. The summed E-state index contributed by atoms with van der Waals surface area (Å²) in [5.41, 5.74) is 18.7. The van der Waals surface area contributed by atoms with Gasteiger partial charge in [-0.3, -0.25) is 0 Å². The van der Waals surface area contributed by atoms with Crippen molar-refractivity contribution in [2.45, 2.75) is 18.3 Å². The first-order valence-electron chi connectivity index (χ1n) is 7.96. The van der Waals surface area contributed by atoms with Gasteiger partial charge in [-0.2, -0.15) is 0 Å². The van der Waals surface area contributed by atoms with E-state index in [-0.39, 0.29) is 5.41 Å². The first-order valence-corrected chi connectivity index (χ1v) is 7.96. The lowest BCUT2D eigenvalue weighted by atomic mass is 9.68. The topological polar surface area (TPSA) is 52.0 Å². The van der Waals surface area contributed by atoms with Crippen molar-refractivity contribution in [2.75, 3.05) is 11.5 Å². The molecule has 0 unspecified atom stereocenters. The molecular weight excluding hydrogens is 280 g/mol. The highest BCUT2D eigenvalue weighted by Gasteiger charge is 2.36. The summed E-state index contributed by atoms with van der Waals surface area (Å²) < 4.78 is 0. The Bertz CT molecular complexity index is 743. The molecule has 0 atom stereocenters. The zero-order valence-corrected chi connectivity index (χ0v) is 13.0. The first kappa shape index (κ1) is 13.9. The van der Waals surface area contributed by atoms with Crippen LogP contribution in [0, 0.1) is 0 Å². The van der Waals surface area contributed by atoms with E-state index in [4.69, 9.17) is 11.5 Å². The Balaban J connectivity index is 1.92. The van der Waals surface area contributed by atoms with Crippen LogP contribution < -0.4 is 11.5 Å². The maximum absolute atomic E-state index is 5.90. The van der Waals surface area contributed by atoms with E-state index in [1.165, 1.54) is 22.3 Å². The van der Waals surface area contributed by atoms with Crippen LogP contribution in [0.1, 0.15) is 22.3 Å². The van der Waals surface area contributed by atoms with Gasteiger partial charge < -0.3 is 11.5 Å². The molecule has 3 aromatic carbocycles. The SMILES string of the molecule is Nc1ccc(C2(c3ccc(N)cc3)Cc3ccc(cc3)C2)cc1. The molecule has 0 spiro atoms. The van der Waals surface area contributed by atoms with Crippen LogP contribution in [0.2, 0.25) is 0 Å². The summed E-state index contributed by atoms with van der Waals surface area (Å²) in [6, 6.07) is 25.6. The van der Waals surface area contributed by atoms with E-state index in [1.54, 1.807) is 0 Å². The van der Waals surface area contributed by atoms with Crippen LogP contribution in [-0.2, 0) is 18.3 Å². The minimum absolute atomic E-state index is 0.0704. The molecule has 0 aliphatic heterocycles. The third-order valence-corrected chi connectivity index (χ3v) is 4.96. The Morgan fingerprint density at radius 1 is 0.522 bits per heavy atom. The second kappa shape index (κ2) is 5.17. The number of fused-ring (bicyclic) bond motifs is 4. The molecule has 2 aliphatic rings. The van der Waals surface area contributed by atoms with Crippen molar-refractivity contribution in [3.05, 3.63) is 95.1 Å². The summed E-state index contributed by atoms with van der Waals surface area (Å²) in [5, 5.41) is 0. The standard InChI is InChI=1S/C21H20N2/c22-19-9-5-17(6-10-19)21(18-7-11-20(23)12-8-18)13-15-1-2-16(14-21)4-3-15/h1-12H,13-14,22-23H2. The highest BCUT2D eigenvalue weighted by Crippen LogP contribution is 2.41. The van der Waals surface area contributed by atoms with Gasteiger partial charge in [0.2, 0.25) is 0 Å². The van der Waals surface area contributed by atoms with Gasteiger partial charge in [-0.05, 0) is 59.4 Å². The second-order valence-electron chi connectivity index (χ2n) is 6.50. The molecule has 2 heteroatoms. The Morgan fingerprint density at radius 3 is 1.22 bits per heavy atom. The van der Waals surface area contributed by atoms with Gasteiger partial charge >= 0.3 is 0 Å². The fourth-order valence-corrected chi connectivity index (χ4v) is 3.71. The van der Waals surface area contributed by atoms with Crippen LogP contribution in [0.25, 0.3) is 0 Å². The van der Waals surface area contributed by atoms with Gasteiger partial charge in [0.15, 0.2) is 0 Å². The molecule has 2 nitrogen and oxygen atoms in total. The zero-order valence-electron chi connectivity index (χ0n) is 13.0. The van der Waals surface area contributed by atoms with Crippen LogP contribution in [0.5, 0.6) is 0 Å². The maximum atomic E-state index is 5.90. The van der Waals surface area contributed by atoms with Crippen molar-refractivity contribution in [2.24, 2.45) is 0 Å². The van der Waals surface area contributed by atoms with E-state index >= 15 is 0 Å². The quantitative estimate of drug-likeness (QED) is 0.704. The molecule has 23 heavy (non-hydrogen) atoms. The number of nitrogen functional groups attached to an aromatic ring is 2. The summed E-state index contributed by atoms with van der Waals surface area (Å²) in [6.45, 7) is 0. The largest absolute Gasteiger partial charge is 0.399 e. The Kier molecular flexibility index (Phi) is 3.12. The first-order chi connectivity index (χ1) is 11.2. The van der Waals surface area contributed by atoms with E-state index in [0.717, 1.165) is 24.2 Å². The molecule has 3 aromatic rings. The fourth-order valence-electron chi connectivity index (χ4n) is 3.71. The summed E-state index contributed by atoms with van der Waals surface area (Å²) in [7, 11) is 0. The Hall–Kier alpha value is -2.74. The molecule has 5 rings (SSSR count). The van der Waals surface area contributed by atoms with Gasteiger partial charge in [-0.1, -0.05) is 48.5 Å². The molecule has 0 aromatic heterocycles. The smallest absolute Gasteiger partial charge is 0.0314 e. The van der Waals surface area contributed by atoms with Gasteiger partial charge in [-0.15, -0.1) is 0 Å². The number of rotatable bonds is 2. The summed E-state index contributed by atoms with van der Waals surface area (Å²) >= 11 is 0. The van der Waals surface area contributed by atoms with Crippen molar-refractivity contribution < 1.29 is 0 Å². The van der Waals surface area contributed by atoms with Gasteiger partial charge in [-0.25, -0.2) is 0 Å². The highest BCUT2D eigenvalue weighted by molar-refractivity contribution is 5.52. The molecule has 0 saturated carbocycles. The molecular formula is C21H20N2. The summed E-state index contributed by atoms with van der Waals surface area (Å²) in [5.74, 6) is 0. The van der Waals surface area contributed by atoms with Crippen molar-refractivity contribution in [1.82, 2.24) is 0 Å². The average Bonchev–Trinajstić information content (AvgIpc) is 2.87. The van der Waals surface area contributed by atoms with Gasteiger partial charge in [0.25, 0.3) is 0 Å². The van der Waals surface area contributed by atoms with E-state index in [9.17, 15) is 0 Å². The number of hydrogen-bond acceptors (Lipinski definition) is 2. The number of nitrogens with two attached hydrogens (primary N) is 2. The zero-order chi connectivity index (χ0) is 15.9. The lowest BCUT2D eigenvalue weighted by Crippen LogP contribution is -2.32. The number of anilines is 2. The van der Waals surface area contributed by atoms with Crippen LogP contribution in [0.15, 0.2) is 72.8 Å². The number of benzene rings is 3. The van der Waals surface area contributed by atoms with Crippen molar-refractivity contribution in [3.8, 4) is 0 Å². The van der Waals surface area contributed by atoms with Gasteiger partial charge in [0.05, 0.1) is 0 Å². The second-order valence-corrected chi connectivity index (χ2v) is 6.50. The highest BCUT2D eigenvalue weighted by atomic mass is 14.5. The van der Waals surface area contributed by atoms with Crippen LogP contribution in [0.3, 0.4) is 0 Å². The van der Waals surface area contributed by atoms with Crippen LogP contribution in [0.4, 0.5) is 11.4 Å². The van der Waals surface area contributed by atoms with Gasteiger partial charge in [0, 0.05) is 16.8 Å². The molecule has 0 fully saturated rings. The van der Waals surface area contributed by atoms with Crippen LogP contribution >= 0.6 is 0 Å². The molecule has 2 aliphatic carbocycles. The Morgan fingerprint density at radius 2 is 0.870 bits per heavy atom. The van der Waals surface area contributed by atoms with E-state index in [2.05, 4.69) is 48.5 Å². The summed E-state index contributed by atoms with van der Waals surface area (Å²) in [6.07, 6.45) is 1.97. The third kappa shape index (κ3) is 2.36. The van der Waals surface area contributed by atoms with Gasteiger partial charge in [0.1, 0.15) is 0 Å². The minimum Gasteiger partial charge on any atom is -0.399 e. The molecule has 0 radical (unpaired) electrons. The molecule has 0 saturated heterocycles. The van der Waals surface area contributed by atoms with E-state index in [0.29, 0.717) is 0 Å². The number of hydrogen-bond donors (Lipinski definition) is 2. The van der Waals surface area contributed by atoms with E-state index in [1.807, 2.05) is 24.3 Å². The predicted molar refractivity (Wildman–Crippen MR) is 96.3 cm³/mol. The Labute approximate surface area is 136 Å². The monoisotopic (exact) mass is 300 g/mol. The normalized spacial score (nSPS) is 15.3. The lowest BCUT2D eigenvalue weighted by molar-refractivity contribution is 0.515. The van der Waals surface area contributed by atoms with Crippen LogP contribution in [-0.4, -0.2) is 0 Å². The molecule has 2 bridgehead atoms. The fraction of sp³-hybridized carbons (Fsp3) is 0.143. The van der Waals surface area contributed by atoms with Crippen molar-refractivity contribution >= 4 is 11.4 Å². The molecule has 114 valence electrons. The maximum Gasteiger partial charge on any atom is 0.0314 e. The van der Waals surface area contributed by atoms with E-state index < -0.39 is 0 Å². The third-order valence-electron chi connectivity index (χ3n) is 4.96. The lowest BCUT2D eigenvalue weighted by Gasteiger charge is -2.34. The average molecular weight is 300 g/mol. The summed E-state index contributed by atoms with van der Waals surface area (Å²) in [4.78, 5) is 0. The molecule has 0 amide bonds. The molecule has 0 heterocycles. The van der Waals surface area contributed by atoms with Crippen molar-refractivity contribution in [1.29, 1.82) is 0 Å². The van der Waals surface area contributed by atoms with Crippen molar-refractivity contribution in [3.63, 3.8) is 0 Å². The minimum atomic E-state index is -0.0704.